The van der Waals surface area contributed by atoms with E-state index in [-0.39, 0.29) is 11.3 Å². The highest BCUT2D eigenvalue weighted by molar-refractivity contribution is 6.30. The van der Waals surface area contributed by atoms with E-state index in [2.05, 4.69) is 6.92 Å². The maximum absolute atomic E-state index is 11.5. The Hall–Kier alpha value is -0.240. The van der Waals surface area contributed by atoms with Crippen molar-refractivity contribution in [2.45, 2.75) is 38.5 Å². The Bertz CT molecular complexity index is 182. The summed E-state index contributed by atoms with van der Waals surface area (Å²) in [6.07, 6.45) is 3.60. The Morgan fingerprint density at radius 3 is 2.92 bits per heavy atom. The number of nitrogens with zero attached hydrogens (tertiary/aromatic N) is 1. The predicted molar refractivity (Wildman–Crippen MR) is 54.9 cm³/mol. The molecule has 2 unspecified atom stereocenters. The molecule has 1 fully saturated rings. The van der Waals surface area contributed by atoms with Crippen molar-refractivity contribution >= 4 is 17.5 Å². The maximum atomic E-state index is 11.5. The third-order valence-electron chi connectivity index (χ3n) is 2.63. The monoisotopic (exact) mass is 203 g/mol. The van der Waals surface area contributed by atoms with E-state index in [1.54, 1.807) is 6.92 Å². The molecule has 76 valence electrons. The topological polar surface area (TPSA) is 20.3 Å². The third-order valence-corrected chi connectivity index (χ3v) is 2.82. The fraction of sp³-hybridized carbons (Fsp3) is 0.900. The zero-order valence-electron chi connectivity index (χ0n) is 8.42. The van der Waals surface area contributed by atoms with E-state index >= 15 is 0 Å². The molecule has 1 amide bonds. The summed E-state index contributed by atoms with van der Waals surface area (Å²) in [6.45, 7) is 5.76. The molecule has 0 saturated carbocycles. The first-order valence-electron chi connectivity index (χ1n) is 5.08. The van der Waals surface area contributed by atoms with Gasteiger partial charge in [-0.1, -0.05) is 13.3 Å². The Kier molecular flexibility index (Phi) is 4.04. The van der Waals surface area contributed by atoms with Gasteiger partial charge in [-0.2, -0.15) is 0 Å². The van der Waals surface area contributed by atoms with Crippen molar-refractivity contribution in [1.29, 1.82) is 0 Å². The van der Waals surface area contributed by atoms with Crippen molar-refractivity contribution in [3.05, 3.63) is 0 Å². The summed E-state index contributed by atoms with van der Waals surface area (Å²) in [5.41, 5.74) is 0. The first kappa shape index (κ1) is 10.8. The molecule has 1 aliphatic heterocycles. The van der Waals surface area contributed by atoms with Gasteiger partial charge in [-0.15, -0.1) is 11.6 Å². The first-order valence-corrected chi connectivity index (χ1v) is 5.51. The number of likely N-dealkylation sites (tertiary alicyclic amines) is 1. The van der Waals surface area contributed by atoms with Crippen molar-refractivity contribution in [3.63, 3.8) is 0 Å². The average molecular weight is 204 g/mol. The zero-order chi connectivity index (χ0) is 9.84. The van der Waals surface area contributed by atoms with E-state index in [0.717, 1.165) is 19.5 Å². The highest BCUT2D eigenvalue weighted by Gasteiger charge is 2.27. The molecule has 1 saturated heterocycles. The van der Waals surface area contributed by atoms with Crippen LogP contribution in [0.3, 0.4) is 0 Å². The number of halogens is 1. The van der Waals surface area contributed by atoms with E-state index in [1.807, 2.05) is 4.90 Å². The van der Waals surface area contributed by atoms with Crippen LogP contribution in [0.5, 0.6) is 0 Å². The van der Waals surface area contributed by atoms with Crippen molar-refractivity contribution in [2.24, 2.45) is 5.92 Å². The van der Waals surface area contributed by atoms with E-state index < -0.39 is 0 Å². The SMILES string of the molecule is CCCC1CCN(C(=O)C(C)Cl)C1. The van der Waals surface area contributed by atoms with Crippen LogP contribution in [0.1, 0.15) is 33.1 Å². The van der Waals surface area contributed by atoms with E-state index in [0.29, 0.717) is 5.92 Å². The Labute approximate surface area is 85.2 Å². The highest BCUT2D eigenvalue weighted by Crippen LogP contribution is 2.21. The maximum Gasteiger partial charge on any atom is 0.240 e. The fourth-order valence-corrected chi connectivity index (χ4v) is 2.07. The van der Waals surface area contributed by atoms with Gasteiger partial charge in [0.25, 0.3) is 0 Å². The lowest BCUT2D eigenvalue weighted by molar-refractivity contribution is -0.129. The molecule has 0 spiro atoms. The van der Waals surface area contributed by atoms with Crippen molar-refractivity contribution in [3.8, 4) is 0 Å². The summed E-state index contributed by atoms with van der Waals surface area (Å²) >= 11 is 5.74. The van der Waals surface area contributed by atoms with Gasteiger partial charge in [0.1, 0.15) is 5.38 Å². The minimum absolute atomic E-state index is 0.0975. The van der Waals surface area contributed by atoms with Gasteiger partial charge < -0.3 is 4.90 Å². The number of carbonyl (C=O) groups is 1. The smallest absolute Gasteiger partial charge is 0.240 e. The van der Waals surface area contributed by atoms with Crippen molar-refractivity contribution in [2.75, 3.05) is 13.1 Å². The van der Waals surface area contributed by atoms with Crippen LogP contribution in [0, 0.1) is 5.92 Å². The van der Waals surface area contributed by atoms with Crippen LogP contribution >= 0.6 is 11.6 Å². The molecular weight excluding hydrogens is 186 g/mol. The van der Waals surface area contributed by atoms with Gasteiger partial charge in [-0.25, -0.2) is 0 Å². The molecule has 0 N–H and O–H groups in total. The van der Waals surface area contributed by atoms with Gasteiger partial charge in [-0.05, 0) is 25.7 Å². The second-order valence-electron chi connectivity index (χ2n) is 3.84. The second kappa shape index (κ2) is 4.85. The molecule has 0 bridgehead atoms. The third kappa shape index (κ3) is 2.87. The molecule has 0 radical (unpaired) electrons. The Morgan fingerprint density at radius 2 is 2.38 bits per heavy atom. The van der Waals surface area contributed by atoms with Crippen LogP contribution in [0.4, 0.5) is 0 Å². The van der Waals surface area contributed by atoms with Crippen LogP contribution in [0.25, 0.3) is 0 Å². The minimum Gasteiger partial charge on any atom is -0.341 e. The molecule has 0 aromatic rings. The first-order chi connectivity index (χ1) is 6.15. The lowest BCUT2D eigenvalue weighted by atomic mass is 10.0. The average Bonchev–Trinajstić information content (AvgIpc) is 2.52. The van der Waals surface area contributed by atoms with Crippen LogP contribution < -0.4 is 0 Å². The zero-order valence-corrected chi connectivity index (χ0v) is 9.18. The van der Waals surface area contributed by atoms with Crippen LogP contribution in [0.2, 0.25) is 0 Å². The quantitative estimate of drug-likeness (QED) is 0.645. The summed E-state index contributed by atoms with van der Waals surface area (Å²) in [6, 6.07) is 0. The summed E-state index contributed by atoms with van der Waals surface area (Å²) in [4.78, 5) is 13.4. The minimum atomic E-state index is -0.361. The standard InChI is InChI=1S/C10H18ClNO/c1-3-4-9-5-6-12(7-9)10(13)8(2)11/h8-9H,3-7H2,1-2H3. The normalized spacial score (nSPS) is 24.8. The molecule has 0 aromatic carbocycles. The molecule has 0 aliphatic carbocycles. The summed E-state index contributed by atoms with van der Waals surface area (Å²) in [5.74, 6) is 0.810. The molecule has 2 nitrogen and oxygen atoms in total. The van der Waals surface area contributed by atoms with E-state index in [4.69, 9.17) is 11.6 Å². The molecular formula is C10H18ClNO. The number of hydrogen-bond donors (Lipinski definition) is 0. The molecule has 3 heteroatoms. The van der Waals surface area contributed by atoms with Gasteiger partial charge in [0, 0.05) is 13.1 Å². The highest BCUT2D eigenvalue weighted by atomic mass is 35.5. The molecule has 1 heterocycles. The summed E-state index contributed by atoms with van der Waals surface area (Å²) in [7, 11) is 0. The number of alkyl halides is 1. The number of rotatable bonds is 3. The predicted octanol–water partition coefficient (Wildman–Crippen LogP) is 2.26. The van der Waals surface area contributed by atoms with Crippen LogP contribution in [-0.4, -0.2) is 29.3 Å². The van der Waals surface area contributed by atoms with Crippen molar-refractivity contribution < 1.29 is 4.79 Å². The van der Waals surface area contributed by atoms with Crippen molar-refractivity contribution in [1.82, 2.24) is 4.90 Å². The van der Waals surface area contributed by atoms with Gasteiger partial charge in [0.15, 0.2) is 0 Å². The van der Waals surface area contributed by atoms with Gasteiger partial charge in [0.05, 0.1) is 0 Å². The lowest BCUT2D eigenvalue weighted by Crippen LogP contribution is -2.33. The second-order valence-corrected chi connectivity index (χ2v) is 4.50. The summed E-state index contributed by atoms with van der Waals surface area (Å²) < 4.78 is 0. The number of carbonyl (C=O) groups excluding carboxylic acids is 1. The van der Waals surface area contributed by atoms with E-state index in [9.17, 15) is 4.79 Å². The molecule has 0 aromatic heterocycles. The van der Waals surface area contributed by atoms with Crippen LogP contribution in [0.15, 0.2) is 0 Å². The van der Waals surface area contributed by atoms with Gasteiger partial charge in [-0.3, -0.25) is 4.79 Å². The number of hydrogen-bond acceptors (Lipinski definition) is 1. The molecule has 13 heavy (non-hydrogen) atoms. The fourth-order valence-electron chi connectivity index (χ4n) is 1.93. The van der Waals surface area contributed by atoms with Gasteiger partial charge in [0.2, 0.25) is 5.91 Å². The van der Waals surface area contributed by atoms with E-state index in [1.165, 1.54) is 12.8 Å². The Morgan fingerprint density at radius 1 is 1.69 bits per heavy atom. The summed E-state index contributed by atoms with van der Waals surface area (Å²) in [5, 5.41) is -0.361. The lowest BCUT2D eigenvalue weighted by Gasteiger charge is -2.17. The molecule has 1 rings (SSSR count). The van der Waals surface area contributed by atoms with Crippen LogP contribution in [-0.2, 0) is 4.79 Å². The Balaban J connectivity index is 2.36. The van der Waals surface area contributed by atoms with Gasteiger partial charge >= 0.3 is 0 Å². The molecule has 1 aliphatic rings. The largest absolute Gasteiger partial charge is 0.341 e. The molecule has 2 atom stereocenters. The number of amides is 1.